The Morgan fingerprint density at radius 1 is 1.21 bits per heavy atom. The summed E-state index contributed by atoms with van der Waals surface area (Å²) < 4.78 is 1.58. The maximum atomic E-state index is 12.6. The Balaban J connectivity index is 1.60. The molecule has 2 heterocycles. The van der Waals surface area contributed by atoms with E-state index in [1.807, 2.05) is 33.8 Å². The van der Waals surface area contributed by atoms with E-state index in [1.54, 1.807) is 41.3 Å². The van der Waals surface area contributed by atoms with Crippen LogP contribution in [0.3, 0.4) is 0 Å². The molecule has 9 heteroatoms. The largest absolute Gasteiger partial charge is 0.350 e. The van der Waals surface area contributed by atoms with Gasteiger partial charge in [-0.15, -0.1) is 5.10 Å². The first-order valence-electron chi connectivity index (χ1n) is 9.38. The lowest BCUT2D eigenvalue weighted by Crippen LogP contribution is -2.51. The molecule has 0 spiro atoms. The first kappa shape index (κ1) is 20.2. The number of aromatic nitrogens is 5. The molecule has 0 atom stereocenters. The van der Waals surface area contributed by atoms with E-state index in [1.165, 1.54) is 0 Å². The molecule has 0 saturated carbocycles. The maximum absolute atomic E-state index is 12.6. The van der Waals surface area contributed by atoms with Crippen molar-refractivity contribution < 1.29 is 9.59 Å². The van der Waals surface area contributed by atoms with Gasteiger partial charge in [-0.2, -0.15) is 5.10 Å². The van der Waals surface area contributed by atoms with Crippen LogP contribution < -0.4 is 10.6 Å². The van der Waals surface area contributed by atoms with Crippen LogP contribution in [0.4, 0.5) is 0 Å². The van der Waals surface area contributed by atoms with Crippen molar-refractivity contribution in [3.05, 3.63) is 59.7 Å². The first-order valence-corrected chi connectivity index (χ1v) is 9.38. The third-order valence-corrected chi connectivity index (χ3v) is 4.39. The molecule has 3 N–H and O–H groups in total. The van der Waals surface area contributed by atoms with Gasteiger partial charge in [0.25, 0.3) is 11.8 Å². The molecule has 2 aromatic heterocycles. The Kier molecular flexibility index (Phi) is 5.76. The third-order valence-electron chi connectivity index (χ3n) is 4.39. The van der Waals surface area contributed by atoms with Gasteiger partial charge in [0.1, 0.15) is 5.69 Å². The monoisotopic (exact) mass is 395 g/mol. The van der Waals surface area contributed by atoms with Crippen molar-refractivity contribution in [1.29, 1.82) is 0 Å². The Hall–Kier alpha value is -3.49. The molecule has 0 aliphatic rings. The second kappa shape index (κ2) is 8.26. The van der Waals surface area contributed by atoms with E-state index in [9.17, 15) is 9.59 Å². The second-order valence-corrected chi connectivity index (χ2v) is 7.78. The lowest BCUT2D eigenvalue weighted by Gasteiger charge is -2.26. The predicted octanol–water partition coefficient (Wildman–Crippen LogP) is 2.05. The summed E-state index contributed by atoms with van der Waals surface area (Å²) in [6.07, 6.45) is 3.27. The number of carbonyl (C=O) groups excluding carboxylic acids is 2. The number of carbonyl (C=O) groups is 2. The molecule has 0 radical (unpaired) electrons. The second-order valence-electron chi connectivity index (χ2n) is 7.78. The number of hydrogen-bond acceptors (Lipinski definition) is 5. The standard InChI is InChI=1S/C20H25N7O2/c1-13(2)16-11-17(25-24-16)19(29)23-20(3,4)12-21-18(28)14-6-5-7-15(10-14)27-9-8-22-26-27/h5-11,13H,12H2,1-4H3,(H,21,28)(H,23,29)(H,24,25). The van der Waals surface area contributed by atoms with Crippen molar-refractivity contribution in [3.8, 4) is 5.69 Å². The molecular formula is C20H25N7O2. The quantitative estimate of drug-likeness (QED) is 0.566. The van der Waals surface area contributed by atoms with Crippen LogP contribution in [0.25, 0.3) is 5.69 Å². The molecule has 1 aromatic carbocycles. The minimum atomic E-state index is -0.660. The van der Waals surface area contributed by atoms with Gasteiger partial charge in [0.05, 0.1) is 23.6 Å². The molecule has 9 nitrogen and oxygen atoms in total. The fourth-order valence-corrected chi connectivity index (χ4v) is 2.70. The maximum Gasteiger partial charge on any atom is 0.272 e. The third kappa shape index (κ3) is 5.07. The Labute approximate surface area is 168 Å². The number of hydrogen-bond donors (Lipinski definition) is 3. The molecule has 0 saturated heterocycles. The van der Waals surface area contributed by atoms with E-state index in [0.29, 0.717) is 11.3 Å². The van der Waals surface area contributed by atoms with E-state index >= 15 is 0 Å². The summed E-state index contributed by atoms with van der Waals surface area (Å²) in [4.78, 5) is 25.0. The highest BCUT2D eigenvalue weighted by molar-refractivity contribution is 5.95. The number of benzene rings is 1. The summed E-state index contributed by atoms with van der Waals surface area (Å²) in [5.74, 6) is -0.277. The normalized spacial score (nSPS) is 11.5. The fraction of sp³-hybridized carbons (Fsp3) is 0.350. The number of rotatable bonds is 7. The van der Waals surface area contributed by atoms with Crippen LogP contribution in [0, 0.1) is 0 Å². The molecule has 0 unspecified atom stereocenters. The summed E-state index contributed by atoms with van der Waals surface area (Å²) in [5, 5.41) is 20.4. The van der Waals surface area contributed by atoms with E-state index in [0.717, 1.165) is 11.4 Å². The Morgan fingerprint density at radius 3 is 2.66 bits per heavy atom. The van der Waals surface area contributed by atoms with Crippen LogP contribution in [0.1, 0.15) is 60.2 Å². The van der Waals surface area contributed by atoms with Crippen LogP contribution in [-0.2, 0) is 0 Å². The van der Waals surface area contributed by atoms with Crippen LogP contribution >= 0.6 is 0 Å². The van der Waals surface area contributed by atoms with Gasteiger partial charge < -0.3 is 10.6 Å². The zero-order chi connectivity index (χ0) is 21.0. The lowest BCUT2D eigenvalue weighted by molar-refractivity contribution is 0.0878. The predicted molar refractivity (Wildman–Crippen MR) is 108 cm³/mol. The van der Waals surface area contributed by atoms with Crippen LogP contribution in [-0.4, -0.2) is 49.1 Å². The van der Waals surface area contributed by atoms with Crippen molar-refractivity contribution in [2.24, 2.45) is 0 Å². The average molecular weight is 395 g/mol. The van der Waals surface area contributed by atoms with E-state index < -0.39 is 5.54 Å². The first-order chi connectivity index (χ1) is 13.7. The zero-order valence-corrected chi connectivity index (χ0v) is 16.9. The van der Waals surface area contributed by atoms with E-state index in [2.05, 4.69) is 31.1 Å². The molecule has 2 amide bonds. The lowest BCUT2D eigenvalue weighted by atomic mass is 10.0. The minimum Gasteiger partial charge on any atom is -0.350 e. The summed E-state index contributed by atoms with van der Waals surface area (Å²) in [6.45, 7) is 7.98. The van der Waals surface area contributed by atoms with Crippen molar-refractivity contribution in [2.75, 3.05) is 6.54 Å². The van der Waals surface area contributed by atoms with Gasteiger partial charge in [-0.3, -0.25) is 14.7 Å². The summed E-state index contributed by atoms with van der Waals surface area (Å²) in [6, 6.07) is 8.81. The fourth-order valence-electron chi connectivity index (χ4n) is 2.70. The van der Waals surface area contributed by atoms with Gasteiger partial charge >= 0.3 is 0 Å². The molecule has 0 bridgehead atoms. The van der Waals surface area contributed by atoms with Crippen molar-refractivity contribution >= 4 is 11.8 Å². The van der Waals surface area contributed by atoms with E-state index in [4.69, 9.17) is 0 Å². The number of nitrogens with one attached hydrogen (secondary N) is 3. The van der Waals surface area contributed by atoms with Gasteiger partial charge in [-0.1, -0.05) is 25.1 Å². The number of nitrogens with zero attached hydrogens (tertiary/aromatic N) is 4. The van der Waals surface area contributed by atoms with Crippen LogP contribution in [0.2, 0.25) is 0 Å². The highest BCUT2D eigenvalue weighted by Crippen LogP contribution is 2.13. The molecule has 0 aliphatic carbocycles. The van der Waals surface area contributed by atoms with E-state index in [-0.39, 0.29) is 24.3 Å². The van der Waals surface area contributed by atoms with Gasteiger partial charge in [0.2, 0.25) is 0 Å². The highest BCUT2D eigenvalue weighted by Gasteiger charge is 2.24. The number of H-pyrrole nitrogens is 1. The highest BCUT2D eigenvalue weighted by atomic mass is 16.2. The van der Waals surface area contributed by atoms with Crippen LogP contribution in [0.5, 0.6) is 0 Å². The van der Waals surface area contributed by atoms with Gasteiger partial charge in [-0.05, 0) is 44.0 Å². The van der Waals surface area contributed by atoms with Gasteiger partial charge in [0.15, 0.2) is 0 Å². The molecule has 152 valence electrons. The van der Waals surface area contributed by atoms with Crippen molar-refractivity contribution in [1.82, 2.24) is 35.8 Å². The summed E-state index contributed by atoms with van der Waals surface area (Å²) in [7, 11) is 0. The minimum absolute atomic E-state index is 0.240. The van der Waals surface area contributed by atoms with Crippen LogP contribution in [0.15, 0.2) is 42.7 Å². The molecule has 0 aliphatic heterocycles. The molecule has 3 aromatic rings. The SMILES string of the molecule is CC(C)c1cc(C(=O)NC(C)(C)CNC(=O)c2cccc(-n3ccnn3)c2)n[nH]1. The summed E-state index contributed by atoms with van der Waals surface area (Å²) >= 11 is 0. The molecule has 29 heavy (non-hydrogen) atoms. The topological polar surface area (TPSA) is 118 Å². The Morgan fingerprint density at radius 2 is 2.00 bits per heavy atom. The Bertz CT molecular complexity index is 990. The average Bonchev–Trinajstić information content (AvgIpc) is 3.38. The summed E-state index contributed by atoms with van der Waals surface area (Å²) in [5.41, 5.74) is 1.80. The molecule has 0 fully saturated rings. The van der Waals surface area contributed by atoms with Gasteiger partial charge in [-0.25, -0.2) is 4.68 Å². The van der Waals surface area contributed by atoms with Crippen molar-refractivity contribution in [3.63, 3.8) is 0 Å². The smallest absolute Gasteiger partial charge is 0.272 e. The van der Waals surface area contributed by atoms with Crippen molar-refractivity contribution in [2.45, 2.75) is 39.2 Å². The van der Waals surface area contributed by atoms with Gasteiger partial charge in [0, 0.05) is 17.8 Å². The zero-order valence-electron chi connectivity index (χ0n) is 16.9. The number of aromatic amines is 1. The number of amides is 2. The molecular weight excluding hydrogens is 370 g/mol. The molecule has 3 rings (SSSR count).